The Morgan fingerprint density at radius 3 is 2.53 bits per heavy atom. The van der Waals surface area contributed by atoms with Crippen molar-refractivity contribution < 1.29 is 17.0 Å². The molecule has 0 saturated carbocycles. The van der Waals surface area contributed by atoms with E-state index in [1.54, 1.807) is 11.8 Å². The van der Waals surface area contributed by atoms with E-state index in [1.807, 2.05) is 48.5 Å². The fourth-order valence-corrected chi connectivity index (χ4v) is 2.70. The predicted molar refractivity (Wildman–Crippen MR) is 77.1 cm³/mol. The van der Waals surface area contributed by atoms with Gasteiger partial charge in [0.2, 0.25) is 0 Å². The third-order valence-electron chi connectivity index (χ3n) is 2.66. The molecule has 0 saturated heterocycles. The van der Waals surface area contributed by atoms with Crippen LogP contribution in [-0.4, -0.2) is 9.97 Å². The van der Waals surface area contributed by atoms with Gasteiger partial charge in [-0.2, -0.15) is 0 Å². The van der Waals surface area contributed by atoms with Crippen LogP contribution in [0.2, 0.25) is 5.02 Å². The van der Waals surface area contributed by atoms with Gasteiger partial charge >= 0.3 is 0 Å². The first kappa shape index (κ1) is 14.4. The molecule has 19 heavy (non-hydrogen) atoms. The Balaban J connectivity index is 0.00000133. The number of para-hydroxylation sites is 2. The molecule has 0 fully saturated rings. The topological polar surface area (TPSA) is 28.7 Å². The van der Waals surface area contributed by atoms with Crippen molar-refractivity contribution in [2.45, 2.75) is 10.9 Å². The van der Waals surface area contributed by atoms with Crippen LogP contribution in [0.4, 0.5) is 0 Å². The number of halogens is 2. The van der Waals surface area contributed by atoms with Crippen LogP contribution < -0.4 is 17.0 Å². The molecule has 2 aromatic carbocycles. The van der Waals surface area contributed by atoms with Crippen LogP contribution in [0.3, 0.4) is 0 Å². The molecular formula is C14H11BrClN2S-. The minimum atomic E-state index is 0. The van der Waals surface area contributed by atoms with Gasteiger partial charge in [0.25, 0.3) is 0 Å². The molecule has 2 nitrogen and oxygen atoms in total. The Morgan fingerprint density at radius 1 is 1.05 bits per heavy atom. The summed E-state index contributed by atoms with van der Waals surface area (Å²) < 4.78 is 0. The van der Waals surface area contributed by atoms with Gasteiger partial charge in [0.05, 0.1) is 11.0 Å². The Hall–Kier alpha value is -0.970. The first-order valence-electron chi connectivity index (χ1n) is 5.63. The van der Waals surface area contributed by atoms with Crippen molar-refractivity contribution >= 4 is 34.4 Å². The first-order chi connectivity index (χ1) is 8.81. The molecule has 0 aliphatic carbocycles. The smallest absolute Gasteiger partial charge is 0.166 e. The molecule has 98 valence electrons. The Morgan fingerprint density at radius 2 is 1.79 bits per heavy atom. The van der Waals surface area contributed by atoms with E-state index in [2.05, 4.69) is 9.97 Å². The van der Waals surface area contributed by atoms with Crippen molar-refractivity contribution in [2.75, 3.05) is 0 Å². The van der Waals surface area contributed by atoms with E-state index in [1.165, 1.54) is 5.56 Å². The van der Waals surface area contributed by atoms with E-state index >= 15 is 0 Å². The first-order valence-corrected chi connectivity index (χ1v) is 6.99. The summed E-state index contributed by atoms with van der Waals surface area (Å²) in [6, 6.07) is 16.0. The van der Waals surface area contributed by atoms with Crippen LogP contribution in [0.5, 0.6) is 0 Å². The van der Waals surface area contributed by atoms with Crippen LogP contribution in [0.25, 0.3) is 11.0 Å². The number of rotatable bonds is 3. The number of hydrogen-bond acceptors (Lipinski definition) is 2. The molecule has 0 unspecified atom stereocenters. The van der Waals surface area contributed by atoms with Crippen molar-refractivity contribution in [1.82, 2.24) is 9.97 Å². The molecule has 3 aromatic rings. The lowest BCUT2D eigenvalue weighted by Gasteiger charge is -1.98. The van der Waals surface area contributed by atoms with Gasteiger partial charge in [-0.15, -0.1) is 0 Å². The highest BCUT2D eigenvalue weighted by molar-refractivity contribution is 7.98. The Bertz CT molecular complexity index is 634. The van der Waals surface area contributed by atoms with Crippen LogP contribution in [0.1, 0.15) is 5.56 Å². The van der Waals surface area contributed by atoms with Crippen LogP contribution >= 0.6 is 23.4 Å². The number of thioether (sulfide) groups is 1. The summed E-state index contributed by atoms with van der Waals surface area (Å²) in [7, 11) is 0. The van der Waals surface area contributed by atoms with Gasteiger partial charge in [-0.25, -0.2) is 4.98 Å². The highest BCUT2D eigenvalue weighted by Gasteiger charge is 2.02. The number of hydrogen-bond donors (Lipinski definition) is 1. The second-order valence-electron chi connectivity index (χ2n) is 3.97. The number of fused-ring (bicyclic) bond motifs is 1. The van der Waals surface area contributed by atoms with Gasteiger partial charge < -0.3 is 22.0 Å². The predicted octanol–water partition coefficient (Wildman–Crippen LogP) is 1.51. The number of imidazole rings is 1. The van der Waals surface area contributed by atoms with Crippen molar-refractivity contribution in [3.05, 3.63) is 59.1 Å². The van der Waals surface area contributed by atoms with E-state index in [0.29, 0.717) is 0 Å². The summed E-state index contributed by atoms with van der Waals surface area (Å²) in [4.78, 5) is 7.83. The van der Waals surface area contributed by atoms with E-state index in [-0.39, 0.29) is 17.0 Å². The van der Waals surface area contributed by atoms with Crippen LogP contribution in [-0.2, 0) is 5.75 Å². The quantitative estimate of drug-likeness (QED) is 0.722. The fraction of sp³-hybridized carbons (Fsp3) is 0.0714. The third-order valence-corrected chi connectivity index (χ3v) is 3.85. The summed E-state index contributed by atoms with van der Waals surface area (Å²) in [6.45, 7) is 0. The molecule has 0 aliphatic rings. The molecule has 1 heterocycles. The lowest BCUT2D eigenvalue weighted by atomic mass is 10.2. The number of nitrogens with one attached hydrogen (secondary N) is 1. The van der Waals surface area contributed by atoms with Crippen molar-refractivity contribution in [3.63, 3.8) is 0 Å². The maximum Gasteiger partial charge on any atom is 0.166 e. The molecule has 1 aromatic heterocycles. The van der Waals surface area contributed by atoms with Crippen molar-refractivity contribution in [1.29, 1.82) is 0 Å². The largest absolute Gasteiger partial charge is 1.00 e. The van der Waals surface area contributed by atoms with Crippen LogP contribution in [0, 0.1) is 0 Å². The van der Waals surface area contributed by atoms with Gasteiger partial charge in [-0.05, 0) is 29.8 Å². The monoisotopic (exact) mass is 353 g/mol. The van der Waals surface area contributed by atoms with Crippen molar-refractivity contribution in [2.24, 2.45) is 0 Å². The Labute approximate surface area is 131 Å². The molecular weight excluding hydrogens is 344 g/mol. The van der Waals surface area contributed by atoms with E-state index < -0.39 is 0 Å². The average molecular weight is 355 g/mol. The normalized spacial score (nSPS) is 10.4. The number of aromatic nitrogens is 2. The molecule has 0 aliphatic heterocycles. The lowest BCUT2D eigenvalue weighted by molar-refractivity contribution is -0.00000355. The third kappa shape index (κ3) is 3.53. The molecule has 0 atom stereocenters. The standard InChI is InChI=1S/C14H11ClN2S.BrH/c15-11-7-5-10(6-8-11)9-18-14-16-12-3-1-2-4-13(12)17-14;/h1-8H,9H2,(H,16,17);1H/p-1. The Kier molecular flexibility index (Phi) is 4.91. The van der Waals surface area contributed by atoms with Gasteiger partial charge in [-0.1, -0.05) is 47.6 Å². The molecule has 3 rings (SSSR count). The second kappa shape index (κ2) is 6.46. The summed E-state index contributed by atoms with van der Waals surface area (Å²) >= 11 is 7.55. The zero-order chi connectivity index (χ0) is 12.4. The number of nitrogens with zero attached hydrogens (tertiary/aromatic N) is 1. The number of aromatic amines is 1. The summed E-state index contributed by atoms with van der Waals surface area (Å²) in [5.74, 6) is 0.886. The number of H-pyrrole nitrogens is 1. The molecule has 5 heteroatoms. The molecule has 0 radical (unpaired) electrons. The van der Waals surface area contributed by atoms with Crippen molar-refractivity contribution in [3.8, 4) is 0 Å². The molecule has 1 N–H and O–H groups in total. The van der Waals surface area contributed by atoms with Gasteiger partial charge in [0.15, 0.2) is 5.16 Å². The SMILES string of the molecule is Clc1ccc(CSc2nc3ccccc3[nH]2)cc1.[Br-]. The average Bonchev–Trinajstić information content (AvgIpc) is 2.81. The molecule has 0 bridgehead atoms. The fourth-order valence-electron chi connectivity index (χ4n) is 1.73. The maximum atomic E-state index is 5.86. The summed E-state index contributed by atoms with van der Waals surface area (Å²) in [5.41, 5.74) is 3.33. The van der Waals surface area contributed by atoms with E-state index in [9.17, 15) is 0 Å². The van der Waals surface area contributed by atoms with Gasteiger partial charge in [0.1, 0.15) is 0 Å². The highest BCUT2D eigenvalue weighted by Crippen LogP contribution is 2.23. The highest BCUT2D eigenvalue weighted by atomic mass is 79.9. The van der Waals surface area contributed by atoms with E-state index in [0.717, 1.165) is 27.0 Å². The molecule has 0 amide bonds. The number of benzene rings is 2. The maximum absolute atomic E-state index is 5.86. The summed E-state index contributed by atoms with van der Waals surface area (Å²) in [5, 5.41) is 1.72. The summed E-state index contributed by atoms with van der Waals surface area (Å²) in [6.07, 6.45) is 0. The zero-order valence-electron chi connectivity index (χ0n) is 9.94. The second-order valence-corrected chi connectivity index (χ2v) is 5.37. The van der Waals surface area contributed by atoms with Gasteiger partial charge in [0, 0.05) is 10.8 Å². The minimum absolute atomic E-state index is 0. The zero-order valence-corrected chi connectivity index (χ0v) is 13.1. The minimum Gasteiger partial charge on any atom is -1.00 e. The van der Waals surface area contributed by atoms with E-state index in [4.69, 9.17) is 11.6 Å². The lowest BCUT2D eigenvalue weighted by Crippen LogP contribution is -3.00. The van der Waals surface area contributed by atoms with Gasteiger partial charge in [-0.3, -0.25) is 0 Å². The molecule has 0 spiro atoms. The van der Waals surface area contributed by atoms with Crippen LogP contribution in [0.15, 0.2) is 53.7 Å².